The number of rotatable bonds is 14. The van der Waals surface area contributed by atoms with E-state index in [9.17, 15) is 4.79 Å². The van der Waals surface area contributed by atoms with Gasteiger partial charge in [-0.3, -0.25) is 9.98 Å². The Labute approximate surface area is 249 Å². The monoisotopic (exact) mass is 596 g/mol. The summed E-state index contributed by atoms with van der Waals surface area (Å²) in [6.45, 7) is 3.72. The molecular weight excluding hydrogens is 559 g/mol. The molecule has 0 bridgehead atoms. The normalized spacial score (nSPS) is 12.9. The SMILES string of the molecule is COC[C@@H](NCCCNC(=N)N)c1ccc(-n2cc3cc(-c4cc(CCC[C@H](C)N)cc(Cl)c4F)[nH]c3nc2=O)cc1. The molecule has 4 aromatic rings. The first-order valence-electron chi connectivity index (χ1n) is 13.9. The first kappa shape index (κ1) is 31.2. The number of aryl methyl sites for hydroxylation is 1. The minimum Gasteiger partial charge on any atom is -0.383 e. The van der Waals surface area contributed by atoms with Crippen molar-refractivity contribution in [3.63, 3.8) is 0 Å². The standard InChI is InChI=1S/C30H38ClFN8O2/c1-18(33)5-3-6-19-13-23(27(32)24(31)14-19)25-15-21-16-40(30(41)39-28(21)38-25)22-9-7-20(8-10-22)26(17-42-2)36-11-4-12-37-29(34)35/h7-10,13-16,18,26,36H,3-6,11-12,17,33H2,1-2H3,(H4,34,35,37)(H,38,39,41)/t18-,26+/m0/s1. The number of H-pyrrole nitrogens is 1. The quantitative estimate of drug-likeness (QED) is 0.0729. The van der Waals surface area contributed by atoms with Crippen LogP contribution in [0.25, 0.3) is 28.0 Å². The maximum atomic E-state index is 15.1. The van der Waals surface area contributed by atoms with E-state index in [0.717, 1.165) is 36.8 Å². The summed E-state index contributed by atoms with van der Waals surface area (Å²) in [5.74, 6) is -0.577. The Hall–Kier alpha value is -3.77. The van der Waals surface area contributed by atoms with Gasteiger partial charge >= 0.3 is 5.69 Å². The number of hydrogen-bond donors (Lipinski definition) is 6. The fourth-order valence-corrected chi connectivity index (χ4v) is 5.07. The first-order valence-corrected chi connectivity index (χ1v) is 14.3. The lowest BCUT2D eigenvalue weighted by atomic mass is 10.0. The molecule has 0 unspecified atom stereocenters. The molecule has 2 atom stereocenters. The topological polar surface area (TPSA) is 160 Å². The van der Waals surface area contributed by atoms with Gasteiger partial charge in [-0.2, -0.15) is 4.98 Å². The van der Waals surface area contributed by atoms with Crippen LogP contribution in [0.1, 0.15) is 43.4 Å². The Morgan fingerprint density at radius 2 is 1.98 bits per heavy atom. The number of nitrogens with one attached hydrogen (secondary N) is 4. The minimum absolute atomic E-state index is 0.0450. The molecule has 4 rings (SSSR count). The number of aromatic amines is 1. The van der Waals surface area contributed by atoms with Crippen LogP contribution in [0, 0.1) is 11.2 Å². The fourth-order valence-electron chi connectivity index (χ4n) is 4.83. The molecule has 0 amide bonds. The minimum atomic E-state index is -0.528. The number of hydrogen-bond acceptors (Lipinski definition) is 6. The zero-order valence-corrected chi connectivity index (χ0v) is 24.6. The average Bonchev–Trinajstić information content (AvgIpc) is 3.36. The molecule has 2 aromatic heterocycles. The van der Waals surface area contributed by atoms with Crippen LogP contribution in [-0.2, 0) is 11.2 Å². The third-order valence-corrected chi connectivity index (χ3v) is 7.25. The molecule has 12 heteroatoms. The van der Waals surface area contributed by atoms with Crippen molar-refractivity contribution in [3.05, 3.63) is 81.1 Å². The molecule has 2 heterocycles. The van der Waals surface area contributed by atoms with E-state index in [1.807, 2.05) is 31.2 Å². The third kappa shape index (κ3) is 7.95. The maximum Gasteiger partial charge on any atom is 0.354 e. The molecule has 0 fully saturated rings. The molecule has 0 aliphatic heterocycles. The summed E-state index contributed by atoms with van der Waals surface area (Å²) in [5.41, 5.74) is 14.5. The van der Waals surface area contributed by atoms with Crippen molar-refractivity contribution in [3.8, 4) is 16.9 Å². The molecule has 0 spiro atoms. The molecule has 224 valence electrons. The van der Waals surface area contributed by atoms with Crippen molar-refractivity contribution in [1.29, 1.82) is 5.41 Å². The molecule has 10 nitrogen and oxygen atoms in total. The van der Waals surface area contributed by atoms with Crippen LogP contribution < -0.4 is 27.8 Å². The number of guanidine groups is 1. The van der Waals surface area contributed by atoms with Gasteiger partial charge in [0.05, 0.1) is 29.1 Å². The Bertz CT molecular complexity index is 1570. The van der Waals surface area contributed by atoms with Crippen molar-refractivity contribution in [1.82, 2.24) is 25.2 Å². The third-order valence-electron chi connectivity index (χ3n) is 6.98. The van der Waals surface area contributed by atoms with Crippen molar-refractivity contribution >= 4 is 28.6 Å². The van der Waals surface area contributed by atoms with E-state index >= 15 is 4.39 Å². The van der Waals surface area contributed by atoms with E-state index in [1.54, 1.807) is 31.5 Å². The summed E-state index contributed by atoms with van der Waals surface area (Å²) in [4.78, 5) is 20.3. The lowest BCUT2D eigenvalue weighted by molar-refractivity contribution is 0.167. The molecule has 0 aliphatic rings. The number of aromatic nitrogens is 3. The lowest BCUT2D eigenvalue weighted by Gasteiger charge is -2.19. The smallest absolute Gasteiger partial charge is 0.354 e. The summed E-state index contributed by atoms with van der Waals surface area (Å²) in [5, 5.41) is 14.2. The summed E-state index contributed by atoms with van der Waals surface area (Å²) in [7, 11) is 1.64. The van der Waals surface area contributed by atoms with E-state index < -0.39 is 11.5 Å². The molecule has 0 radical (unpaired) electrons. The van der Waals surface area contributed by atoms with Gasteiger partial charge in [0, 0.05) is 36.8 Å². The average molecular weight is 597 g/mol. The Kier molecular flexibility index (Phi) is 10.7. The van der Waals surface area contributed by atoms with Crippen LogP contribution in [-0.4, -0.2) is 53.3 Å². The molecule has 2 aromatic carbocycles. The van der Waals surface area contributed by atoms with Crippen LogP contribution in [0.5, 0.6) is 0 Å². The second kappa shape index (κ2) is 14.4. The van der Waals surface area contributed by atoms with Crippen LogP contribution in [0.3, 0.4) is 0 Å². The van der Waals surface area contributed by atoms with Gasteiger partial charge in [-0.15, -0.1) is 0 Å². The van der Waals surface area contributed by atoms with Crippen molar-refractivity contribution in [2.24, 2.45) is 11.5 Å². The Balaban J connectivity index is 1.55. The zero-order valence-electron chi connectivity index (χ0n) is 23.8. The van der Waals surface area contributed by atoms with Crippen molar-refractivity contribution in [2.45, 2.75) is 44.7 Å². The highest BCUT2D eigenvalue weighted by Gasteiger charge is 2.16. The molecule has 0 saturated heterocycles. The maximum absolute atomic E-state index is 15.1. The first-order chi connectivity index (χ1) is 20.2. The van der Waals surface area contributed by atoms with Crippen LogP contribution in [0.15, 0.2) is 53.5 Å². The predicted octanol–water partition coefficient (Wildman–Crippen LogP) is 3.99. The van der Waals surface area contributed by atoms with E-state index in [-0.39, 0.29) is 23.1 Å². The fraction of sp³-hybridized carbons (Fsp3) is 0.367. The van der Waals surface area contributed by atoms with E-state index in [0.29, 0.717) is 47.7 Å². The molecule has 0 saturated carbocycles. The number of ether oxygens (including phenoxy) is 1. The van der Waals surface area contributed by atoms with Gasteiger partial charge in [0.2, 0.25) is 0 Å². The van der Waals surface area contributed by atoms with Crippen LogP contribution in [0.2, 0.25) is 5.02 Å². The number of halogens is 2. The predicted molar refractivity (Wildman–Crippen MR) is 166 cm³/mol. The molecular formula is C30H38ClFN8O2. The highest BCUT2D eigenvalue weighted by atomic mass is 35.5. The van der Waals surface area contributed by atoms with Gasteiger partial charge in [-0.25, -0.2) is 9.18 Å². The molecule has 0 aliphatic carbocycles. The highest BCUT2D eigenvalue weighted by molar-refractivity contribution is 6.31. The van der Waals surface area contributed by atoms with Gasteiger partial charge < -0.3 is 31.8 Å². The second-order valence-electron chi connectivity index (χ2n) is 10.4. The zero-order chi connectivity index (χ0) is 30.2. The Morgan fingerprint density at radius 3 is 2.67 bits per heavy atom. The number of benzene rings is 2. The molecule has 42 heavy (non-hydrogen) atoms. The number of nitrogens with zero attached hydrogens (tertiary/aromatic N) is 2. The summed E-state index contributed by atoms with van der Waals surface area (Å²) >= 11 is 6.24. The van der Waals surface area contributed by atoms with Gasteiger partial charge in [-0.1, -0.05) is 23.7 Å². The van der Waals surface area contributed by atoms with Crippen LogP contribution in [0.4, 0.5) is 4.39 Å². The van der Waals surface area contributed by atoms with Crippen molar-refractivity contribution in [2.75, 3.05) is 26.8 Å². The summed E-state index contributed by atoms with van der Waals surface area (Å²) < 4.78 is 21.9. The highest BCUT2D eigenvalue weighted by Crippen LogP contribution is 2.31. The van der Waals surface area contributed by atoms with Crippen molar-refractivity contribution < 1.29 is 9.13 Å². The summed E-state index contributed by atoms with van der Waals surface area (Å²) in [6.07, 6.45) is 4.93. The molecule has 8 N–H and O–H groups in total. The van der Waals surface area contributed by atoms with Gasteiger partial charge in [0.1, 0.15) is 5.65 Å². The van der Waals surface area contributed by atoms with E-state index in [1.165, 1.54) is 4.57 Å². The second-order valence-corrected chi connectivity index (χ2v) is 10.8. The van der Waals surface area contributed by atoms with Crippen LogP contribution >= 0.6 is 11.6 Å². The summed E-state index contributed by atoms with van der Waals surface area (Å²) in [6, 6.07) is 12.8. The van der Waals surface area contributed by atoms with E-state index in [4.69, 9.17) is 33.2 Å². The lowest BCUT2D eigenvalue weighted by Crippen LogP contribution is -2.33. The largest absolute Gasteiger partial charge is 0.383 e. The van der Waals surface area contributed by atoms with Gasteiger partial charge in [0.15, 0.2) is 11.8 Å². The van der Waals surface area contributed by atoms with Gasteiger partial charge in [-0.05, 0) is 80.6 Å². The number of nitrogens with two attached hydrogens (primary N) is 2. The number of methoxy groups -OCH3 is 1. The number of fused-ring (bicyclic) bond motifs is 1. The van der Waals surface area contributed by atoms with E-state index in [2.05, 4.69) is 20.6 Å². The van der Waals surface area contributed by atoms with Gasteiger partial charge in [0.25, 0.3) is 0 Å². The Morgan fingerprint density at radius 1 is 1.21 bits per heavy atom.